The van der Waals surface area contributed by atoms with Crippen LogP contribution in [0.25, 0.3) is 0 Å². The minimum Gasteiger partial charge on any atom is -0.318 e. The van der Waals surface area contributed by atoms with E-state index in [1.54, 1.807) is 17.5 Å². The summed E-state index contributed by atoms with van der Waals surface area (Å²) in [5, 5.41) is 2.66. The molecule has 0 saturated heterocycles. The van der Waals surface area contributed by atoms with Crippen LogP contribution < -0.4 is 5.73 Å². The molecule has 78 valence electrons. The van der Waals surface area contributed by atoms with Crippen molar-refractivity contribution in [3.8, 4) is 0 Å². The molecule has 4 heteroatoms. The van der Waals surface area contributed by atoms with Crippen LogP contribution in [-0.2, 0) is 0 Å². The molecule has 2 N–H and O–H groups in total. The van der Waals surface area contributed by atoms with Gasteiger partial charge in [-0.2, -0.15) is 0 Å². The van der Waals surface area contributed by atoms with Crippen molar-refractivity contribution in [1.29, 1.82) is 0 Å². The molecule has 0 bridgehead atoms. The highest BCUT2D eigenvalue weighted by Gasteiger charge is 2.16. The summed E-state index contributed by atoms with van der Waals surface area (Å²) in [6.45, 7) is 2.00. The van der Waals surface area contributed by atoms with Crippen molar-refractivity contribution >= 4 is 22.9 Å². The summed E-state index contributed by atoms with van der Waals surface area (Å²) in [6.07, 6.45) is 1.75. The van der Waals surface area contributed by atoms with E-state index in [4.69, 9.17) is 17.3 Å². The molecular weight excluding hydrogens is 228 g/mol. The van der Waals surface area contributed by atoms with E-state index in [0.717, 1.165) is 21.2 Å². The molecule has 1 atom stereocenters. The first-order valence-corrected chi connectivity index (χ1v) is 5.86. The predicted molar refractivity (Wildman–Crippen MR) is 64.3 cm³/mol. The zero-order chi connectivity index (χ0) is 10.8. The number of nitrogens with two attached hydrogens (primary N) is 1. The van der Waals surface area contributed by atoms with Crippen molar-refractivity contribution in [3.05, 3.63) is 50.9 Å². The molecule has 0 aromatic carbocycles. The van der Waals surface area contributed by atoms with Crippen LogP contribution in [0.4, 0.5) is 0 Å². The van der Waals surface area contributed by atoms with Gasteiger partial charge in [-0.3, -0.25) is 4.98 Å². The van der Waals surface area contributed by atoms with Gasteiger partial charge in [-0.25, -0.2) is 0 Å². The zero-order valence-corrected chi connectivity index (χ0v) is 9.85. The van der Waals surface area contributed by atoms with Gasteiger partial charge >= 0.3 is 0 Å². The number of thiophene rings is 1. The van der Waals surface area contributed by atoms with Crippen LogP contribution in [0.1, 0.15) is 22.2 Å². The topological polar surface area (TPSA) is 38.9 Å². The highest BCUT2D eigenvalue weighted by atomic mass is 35.5. The Morgan fingerprint density at radius 1 is 1.47 bits per heavy atom. The molecule has 0 fully saturated rings. The van der Waals surface area contributed by atoms with Crippen LogP contribution in [0.5, 0.6) is 0 Å². The molecular formula is C11H11ClN2S. The fourth-order valence-corrected chi connectivity index (χ4v) is 2.65. The van der Waals surface area contributed by atoms with E-state index in [0.29, 0.717) is 0 Å². The van der Waals surface area contributed by atoms with Crippen LogP contribution >= 0.6 is 22.9 Å². The van der Waals surface area contributed by atoms with E-state index in [1.807, 2.05) is 30.5 Å². The van der Waals surface area contributed by atoms with Crippen molar-refractivity contribution in [2.45, 2.75) is 13.0 Å². The Kier molecular flexibility index (Phi) is 3.05. The predicted octanol–water partition coefficient (Wildman–Crippen LogP) is 3.15. The lowest BCUT2D eigenvalue weighted by Crippen LogP contribution is -2.13. The van der Waals surface area contributed by atoms with Crippen LogP contribution in [0.15, 0.2) is 29.8 Å². The van der Waals surface area contributed by atoms with Crippen molar-refractivity contribution in [1.82, 2.24) is 4.98 Å². The Morgan fingerprint density at radius 2 is 2.27 bits per heavy atom. The van der Waals surface area contributed by atoms with Gasteiger partial charge in [0, 0.05) is 11.1 Å². The average molecular weight is 239 g/mol. The van der Waals surface area contributed by atoms with Gasteiger partial charge in [0.1, 0.15) is 0 Å². The summed E-state index contributed by atoms with van der Waals surface area (Å²) in [7, 11) is 0. The smallest absolute Gasteiger partial charge is 0.0837 e. The van der Waals surface area contributed by atoms with E-state index in [-0.39, 0.29) is 6.04 Å². The molecule has 2 nitrogen and oxygen atoms in total. The third-order valence-corrected chi connectivity index (χ3v) is 3.71. The van der Waals surface area contributed by atoms with Gasteiger partial charge in [0.2, 0.25) is 0 Å². The Labute approximate surface area is 97.7 Å². The molecule has 0 saturated carbocycles. The van der Waals surface area contributed by atoms with Crippen LogP contribution in [0.2, 0.25) is 5.02 Å². The summed E-state index contributed by atoms with van der Waals surface area (Å²) in [6, 6.07) is 5.55. The summed E-state index contributed by atoms with van der Waals surface area (Å²) < 4.78 is 0. The molecule has 0 radical (unpaired) electrons. The number of pyridine rings is 1. The zero-order valence-electron chi connectivity index (χ0n) is 8.27. The Morgan fingerprint density at radius 3 is 2.87 bits per heavy atom. The third kappa shape index (κ3) is 2.04. The lowest BCUT2D eigenvalue weighted by atomic mass is 10.1. The van der Waals surface area contributed by atoms with Crippen LogP contribution in [0, 0.1) is 6.92 Å². The number of hydrogen-bond donors (Lipinski definition) is 1. The molecule has 0 aliphatic carbocycles. The minimum absolute atomic E-state index is 0.223. The molecule has 2 rings (SSSR count). The van der Waals surface area contributed by atoms with Crippen molar-refractivity contribution in [2.75, 3.05) is 0 Å². The number of hydrogen-bond acceptors (Lipinski definition) is 3. The molecule has 15 heavy (non-hydrogen) atoms. The van der Waals surface area contributed by atoms with E-state index in [1.165, 1.54) is 0 Å². The molecule has 0 spiro atoms. The Hall–Kier alpha value is -0.900. The van der Waals surface area contributed by atoms with Gasteiger partial charge in [0.15, 0.2) is 0 Å². The average Bonchev–Trinajstić information content (AvgIpc) is 2.64. The number of rotatable bonds is 2. The van der Waals surface area contributed by atoms with Gasteiger partial charge < -0.3 is 5.73 Å². The summed E-state index contributed by atoms with van der Waals surface area (Å²) >= 11 is 7.60. The first kappa shape index (κ1) is 10.6. The molecule has 0 aliphatic rings. The van der Waals surface area contributed by atoms with Crippen molar-refractivity contribution in [2.24, 2.45) is 5.73 Å². The summed E-state index contributed by atoms with van der Waals surface area (Å²) in [4.78, 5) is 5.27. The standard InChI is InChI=1S/C11H11ClN2S/c1-7-3-2-5-14-10(7)9(13)11-8(12)4-6-15-11/h2-6,9H,13H2,1H3. The normalized spacial score (nSPS) is 12.7. The quantitative estimate of drug-likeness (QED) is 0.873. The van der Waals surface area contributed by atoms with Gasteiger partial charge in [-0.1, -0.05) is 17.7 Å². The Balaban J connectivity index is 2.41. The van der Waals surface area contributed by atoms with E-state index >= 15 is 0 Å². The van der Waals surface area contributed by atoms with Crippen LogP contribution in [0.3, 0.4) is 0 Å². The number of aryl methyl sites for hydroxylation is 1. The van der Waals surface area contributed by atoms with Gasteiger partial charge in [0.25, 0.3) is 0 Å². The maximum atomic E-state index is 6.13. The fraction of sp³-hybridized carbons (Fsp3) is 0.182. The fourth-order valence-electron chi connectivity index (χ4n) is 1.48. The summed E-state index contributed by atoms with van der Waals surface area (Å²) in [5.41, 5.74) is 8.11. The highest BCUT2D eigenvalue weighted by Crippen LogP contribution is 2.31. The monoisotopic (exact) mass is 238 g/mol. The molecule has 2 heterocycles. The lowest BCUT2D eigenvalue weighted by molar-refractivity contribution is 0.835. The van der Waals surface area contributed by atoms with E-state index < -0.39 is 0 Å². The van der Waals surface area contributed by atoms with E-state index in [2.05, 4.69) is 4.98 Å². The molecule has 2 aromatic rings. The molecule has 0 aliphatic heterocycles. The lowest BCUT2D eigenvalue weighted by Gasteiger charge is -2.12. The molecule has 2 aromatic heterocycles. The first-order chi connectivity index (χ1) is 7.20. The maximum Gasteiger partial charge on any atom is 0.0837 e. The first-order valence-electron chi connectivity index (χ1n) is 4.60. The molecule has 0 amide bonds. The van der Waals surface area contributed by atoms with Crippen molar-refractivity contribution in [3.63, 3.8) is 0 Å². The second kappa shape index (κ2) is 4.31. The second-order valence-corrected chi connectivity index (χ2v) is 4.67. The van der Waals surface area contributed by atoms with Gasteiger partial charge in [-0.15, -0.1) is 11.3 Å². The largest absolute Gasteiger partial charge is 0.318 e. The van der Waals surface area contributed by atoms with Gasteiger partial charge in [0.05, 0.1) is 16.8 Å². The SMILES string of the molecule is Cc1cccnc1C(N)c1sccc1Cl. The van der Waals surface area contributed by atoms with Crippen molar-refractivity contribution < 1.29 is 0 Å². The van der Waals surface area contributed by atoms with Gasteiger partial charge in [-0.05, 0) is 30.0 Å². The van der Waals surface area contributed by atoms with E-state index in [9.17, 15) is 0 Å². The summed E-state index contributed by atoms with van der Waals surface area (Å²) in [5.74, 6) is 0. The minimum atomic E-state index is -0.223. The maximum absolute atomic E-state index is 6.13. The van der Waals surface area contributed by atoms with Crippen LogP contribution in [-0.4, -0.2) is 4.98 Å². The third-order valence-electron chi connectivity index (χ3n) is 2.27. The molecule has 1 unspecified atom stereocenters. The number of aromatic nitrogens is 1. The number of halogens is 1. The highest BCUT2D eigenvalue weighted by molar-refractivity contribution is 7.10. The number of nitrogens with zero attached hydrogens (tertiary/aromatic N) is 1. The Bertz CT molecular complexity index is 467. The second-order valence-electron chi connectivity index (χ2n) is 3.32.